The second kappa shape index (κ2) is 8.54. The lowest BCUT2D eigenvalue weighted by Crippen LogP contribution is -2.33. The van der Waals surface area contributed by atoms with Crippen molar-refractivity contribution >= 4 is 17.5 Å². The van der Waals surface area contributed by atoms with Crippen LogP contribution < -0.4 is 15.8 Å². The number of nitrogens with zero attached hydrogens (tertiary/aromatic N) is 1. The molecule has 1 aliphatic heterocycles. The lowest BCUT2D eigenvalue weighted by Gasteiger charge is -2.26. The van der Waals surface area contributed by atoms with Gasteiger partial charge >= 0.3 is 6.61 Å². The molecule has 0 spiro atoms. The van der Waals surface area contributed by atoms with Crippen molar-refractivity contribution in [2.45, 2.75) is 45.0 Å². The summed E-state index contributed by atoms with van der Waals surface area (Å²) in [6.45, 7) is 2.19. The molecule has 7 nitrogen and oxygen atoms in total. The van der Waals surface area contributed by atoms with Gasteiger partial charge in [-0.1, -0.05) is 13.0 Å². The molecule has 10 heteroatoms. The summed E-state index contributed by atoms with van der Waals surface area (Å²) in [5.41, 5.74) is 4.87. The molecular formula is C21H22F3N3O4. The fourth-order valence-corrected chi connectivity index (χ4v) is 3.69. The average Bonchev–Trinajstić information content (AvgIpc) is 2.91. The Kier molecular flexibility index (Phi) is 6.21. The Bertz CT molecular complexity index is 1000. The predicted octanol–water partition coefficient (Wildman–Crippen LogP) is 3.46. The van der Waals surface area contributed by atoms with Crippen LogP contribution in [0.3, 0.4) is 0 Å². The van der Waals surface area contributed by atoms with Crippen LogP contribution in [-0.4, -0.2) is 35.1 Å². The summed E-state index contributed by atoms with van der Waals surface area (Å²) in [7, 11) is 0. The fourth-order valence-electron chi connectivity index (χ4n) is 3.69. The molecule has 2 heterocycles. The quantitative estimate of drug-likeness (QED) is 0.721. The van der Waals surface area contributed by atoms with Crippen molar-refractivity contribution in [1.82, 2.24) is 4.98 Å². The number of anilines is 1. The smallest absolute Gasteiger partial charge is 0.387 e. The number of pyridine rings is 1. The molecule has 3 N–H and O–H groups in total. The highest BCUT2D eigenvalue weighted by molar-refractivity contribution is 5.97. The van der Waals surface area contributed by atoms with E-state index in [4.69, 9.17) is 10.5 Å². The molecule has 2 aromatic rings. The van der Waals surface area contributed by atoms with Gasteiger partial charge in [-0.05, 0) is 38.0 Å². The largest absolute Gasteiger partial charge is 0.434 e. The number of rotatable bonds is 6. The monoisotopic (exact) mass is 437 g/mol. The van der Waals surface area contributed by atoms with E-state index in [0.29, 0.717) is 0 Å². The highest BCUT2D eigenvalue weighted by Crippen LogP contribution is 2.48. The molecule has 2 amide bonds. The maximum absolute atomic E-state index is 13.7. The lowest BCUT2D eigenvalue weighted by molar-refractivity contribution is -0.131. The Labute approximate surface area is 176 Å². The summed E-state index contributed by atoms with van der Waals surface area (Å²) in [5, 5.41) is 2.63. The van der Waals surface area contributed by atoms with Crippen molar-refractivity contribution < 1.29 is 32.2 Å². The first-order valence-electron chi connectivity index (χ1n) is 9.48. The first-order valence-corrected chi connectivity index (χ1v) is 9.48. The average molecular weight is 437 g/mol. The molecule has 166 valence electrons. The van der Waals surface area contributed by atoms with Gasteiger partial charge in [0.05, 0.1) is 5.60 Å². The maximum Gasteiger partial charge on any atom is 0.387 e. The van der Waals surface area contributed by atoms with Crippen LogP contribution in [0.5, 0.6) is 5.75 Å². The van der Waals surface area contributed by atoms with E-state index in [1.807, 2.05) is 6.92 Å². The third-order valence-electron chi connectivity index (χ3n) is 5.48. The van der Waals surface area contributed by atoms with Crippen LogP contribution in [0.25, 0.3) is 0 Å². The Morgan fingerprint density at radius 2 is 1.97 bits per heavy atom. The van der Waals surface area contributed by atoms with Gasteiger partial charge in [0.15, 0.2) is 0 Å². The van der Waals surface area contributed by atoms with E-state index in [1.54, 1.807) is 13.8 Å². The van der Waals surface area contributed by atoms with Crippen LogP contribution in [0.15, 0.2) is 36.5 Å². The zero-order chi connectivity index (χ0) is 22.9. The van der Waals surface area contributed by atoms with E-state index < -0.39 is 41.9 Å². The van der Waals surface area contributed by atoms with Gasteiger partial charge in [-0.15, -0.1) is 0 Å². The van der Waals surface area contributed by atoms with Gasteiger partial charge in [0.1, 0.15) is 23.4 Å². The van der Waals surface area contributed by atoms with Crippen LogP contribution >= 0.6 is 0 Å². The van der Waals surface area contributed by atoms with Crippen molar-refractivity contribution in [3.63, 3.8) is 0 Å². The molecule has 1 fully saturated rings. The summed E-state index contributed by atoms with van der Waals surface area (Å²) >= 11 is 0. The van der Waals surface area contributed by atoms with Crippen molar-refractivity contribution in [1.29, 1.82) is 0 Å². The molecule has 0 unspecified atom stereocenters. The first-order chi connectivity index (χ1) is 14.5. The summed E-state index contributed by atoms with van der Waals surface area (Å²) in [4.78, 5) is 28.2. The maximum atomic E-state index is 13.7. The Balaban J connectivity index is 1.96. The zero-order valence-electron chi connectivity index (χ0n) is 17.1. The van der Waals surface area contributed by atoms with E-state index in [2.05, 4.69) is 15.0 Å². The topological polar surface area (TPSA) is 104 Å². The number of primary amides is 1. The Morgan fingerprint density at radius 1 is 1.26 bits per heavy atom. The van der Waals surface area contributed by atoms with Crippen LogP contribution in [0.4, 0.5) is 18.9 Å². The van der Waals surface area contributed by atoms with E-state index in [1.165, 1.54) is 24.4 Å². The number of ether oxygens (including phenoxy) is 2. The second-order valence-electron chi connectivity index (χ2n) is 7.80. The number of carbonyl (C=O) groups excluding carboxylic acids is 2. The third-order valence-corrected chi connectivity index (χ3v) is 5.48. The van der Waals surface area contributed by atoms with Gasteiger partial charge in [0.25, 0.3) is 11.8 Å². The van der Waals surface area contributed by atoms with Crippen molar-refractivity contribution in [2.24, 2.45) is 11.7 Å². The van der Waals surface area contributed by atoms with Crippen molar-refractivity contribution in [3.05, 3.63) is 53.6 Å². The van der Waals surface area contributed by atoms with Gasteiger partial charge in [0, 0.05) is 29.4 Å². The highest BCUT2D eigenvalue weighted by Gasteiger charge is 2.51. The zero-order valence-corrected chi connectivity index (χ0v) is 17.1. The van der Waals surface area contributed by atoms with Crippen LogP contribution in [-0.2, 0) is 9.53 Å². The first kappa shape index (κ1) is 22.5. The molecule has 0 aliphatic carbocycles. The number of hydrogen-bond donors (Lipinski definition) is 2. The number of hydrogen-bond acceptors (Lipinski definition) is 5. The predicted molar refractivity (Wildman–Crippen MR) is 105 cm³/mol. The van der Waals surface area contributed by atoms with Gasteiger partial charge in [0.2, 0.25) is 0 Å². The molecule has 1 saturated heterocycles. The number of amides is 2. The molecule has 0 radical (unpaired) electrons. The van der Waals surface area contributed by atoms with Gasteiger partial charge in [-0.2, -0.15) is 8.78 Å². The molecule has 1 aromatic heterocycles. The SMILES string of the molecule is C[C@H]1[C@H](c2ccc(F)cc2OC(F)F)[C@H](C(=O)Nc2ccnc(C(N)=O)c2)OC1(C)C. The number of nitrogens with one attached hydrogen (secondary N) is 1. The van der Waals surface area contributed by atoms with E-state index >= 15 is 0 Å². The number of carbonyl (C=O) groups is 2. The van der Waals surface area contributed by atoms with E-state index in [9.17, 15) is 22.8 Å². The van der Waals surface area contributed by atoms with Crippen LogP contribution in [0.1, 0.15) is 42.7 Å². The standard InChI is InChI=1S/C21H22F3N3O4/c1-10-16(13-5-4-11(22)8-15(13)30-20(23)24)17(31-21(10,2)3)19(29)27-12-6-7-26-14(9-12)18(25)28/h4-10,16-17,20H,1-3H3,(H2,25,28)(H,26,27,29)/t10-,16+,17+/m0/s1. The van der Waals surface area contributed by atoms with E-state index in [0.717, 1.165) is 12.1 Å². The molecule has 0 bridgehead atoms. The van der Waals surface area contributed by atoms with Gasteiger partial charge in [-0.25, -0.2) is 4.39 Å². The van der Waals surface area contributed by atoms with Crippen molar-refractivity contribution in [2.75, 3.05) is 5.32 Å². The number of nitrogens with two attached hydrogens (primary N) is 1. The highest BCUT2D eigenvalue weighted by atomic mass is 19.3. The molecule has 1 aliphatic rings. The normalized spacial score (nSPS) is 22.4. The van der Waals surface area contributed by atoms with Crippen molar-refractivity contribution in [3.8, 4) is 5.75 Å². The van der Waals surface area contributed by atoms with Gasteiger partial charge in [-0.3, -0.25) is 14.6 Å². The third kappa shape index (κ3) is 4.79. The lowest BCUT2D eigenvalue weighted by atomic mass is 9.78. The number of halogens is 3. The molecular weight excluding hydrogens is 415 g/mol. The molecule has 3 atom stereocenters. The summed E-state index contributed by atoms with van der Waals surface area (Å²) in [5.74, 6) is -3.46. The molecule has 1 aromatic carbocycles. The number of benzene rings is 1. The van der Waals surface area contributed by atoms with E-state index in [-0.39, 0.29) is 28.6 Å². The minimum absolute atomic E-state index is 0.0402. The number of aromatic nitrogens is 1. The summed E-state index contributed by atoms with van der Waals surface area (Å²) in [6.07, 6.45) is 0.213. The summed E-state index contributed by atoms with van der Waals surface area (Å²) in [6, 6.07) is 6.06. The fraction of sp³-hybridized carbons (Fsp3) is 0.381. The Hall–Kier alpha value is -3.14. The molecule has 3 rings (SSSR count). The van der Waals surface area contributed by atoms with Crippen LogP contribution in [0.2, 0.25) is 0 Å². The summed E-state index contributed by atoms with van der Waals surface area (Å²) < 4.78 is 50.0. The Morgan fingerprint density at radius 3 is 2.61 bits per heavy atom. The van der Waals surface area contributed by atoms with Crippen LogP contribution in [0, 0.1) is 11.7 Å². The minimum atomic E-state index is -3.16. The second-order valence-corrected chi connectivity index (χ2v) is 7.80. The molecule has 0 saturated carbocycles. The van der Waals surface area contributed by atoms with Gasteiger partial charge < -0.3 is 20.5 Å². The molecule has 31 heavy (non-hydrogen) atoms. The number of alkyl halides is 2. The minimum Gasteiger partial charge on any atom is -0.434 e.